The molecular weight excluding hydrogens is 412 g/mol. The predicted octanol–water partition coefficient (Wildman–Crippen LogP) is 3.27. The molecule has 2 aliphatic rings. The average Bonchev–Trinajstić information content (AvgIpc) is 3.26. The topological polar surface area (TPSA) is 104 Å². The first-order chi connectivity index (χ1) is 15.1. The number of carbonyl (C=O) groups excluding carboxylic acids is 2. The lowest BCUT2D eigenvalue weighted by Crippen LogP contribution is -2.20. The number of aromatic nitrogens is 1. The Kier molecular flexibility index (Phi) is 6.40. The normalized spacial score (nSPS) is 18.1. The number of hydrogen-bond acceptors (Lipinski definition) is 7. The lowest BCUT2D eigenvalue weighted by Gasteiger charge is -2.12. The molecule has 1 aromatic carbocycles. The van der Waals surface area contributed by atoms with E-state index in [1.807, 2.05) is 18.2 Å². The summed E-state index contributed by atoms with van der Waals surface area (Å²) in [7, 11) is 0. The Bertz CT molecular complexity index is 1120. The molecule has 2 aromatic rings. The second kappa shape index (κ2) is 9.55. The Morgan fingerprint density at radius 2 is 1.81 bits per heavy atom. The fourth-order valence-corrected chi connectivity index (χ4v) is 4.55. The number of hydrogen-bond donors (Lipinski definition) is 3. The van der Waals surface area contributed by atoms with Gasteiger partial charge in [0, 0.05) is 24.7 Å². The number of amides is 1. The first-order valence-electron chi connectivity index (χ1n) is 9.72. The van der Waals surface area contributed by atoms with Crippen molar-refractivity contribution in [3.8, 4) is 0 Å². The number of benzene rings is 1. The smallest absolute Gasteiger partial charge is 0.267 e. The van der Waals surface area contributed by atoms with E-state index in [9.17, 15) is 9.59 Å². The van der Waals surface area contributed by atoms with Crippen LogP contribution >= 0.6 is 11.8 Å². The molecule has 8 heteroatoms. The molecule has 2 aliphatic heterocycles. The van der Waals surface area contributed by atoms with Crippen molar-refractivity contribution in [1.82, 2.24) is 15.8 Å². The van der Waals surface area contributed by atoms with Crippen LogP contribution in [0.15, 0.2) is 76.3 Å². The highest BCUT2D eigenvalue weighted by Crippen LogP contribution is 2.43. The number of ketones is 1. The number of dihydropyridines is 1. The van der Waals surface area contributed by atoms with E-state index in [-0.39, 0.29) is 11.2 Å². The Hall–Kier alpha value is -3.49. The van der Waals surface area contributed by atoms with E-state index in [4.69, 9.17) is 5.21 Å². The molecule has 0 fully saturated rings. The van der Waals surface area contributed by atoms with Crippen LogP contribution in [0, 0.1) is 0 Å². The zero-order valence-corrected chi connectivity index (χ0v) is 17.3. The molecule has 3 heterocycles. The Labute approximate surface area is 183 Å². The van der Waals surface area contributed by atoms with Crippen molar-refractivity contribution in [2.24, 2.45) is 4.99 Å². The number of allylic oxidation sites excluding steroid dienone is 2. The number of rotatable bonds is 6. The molecule has 1 unspecified atom stereocenters. The zero-order chi connectivity index (χ0) is 21.6. The quantitative estimate of drug-likeness (QED) is 0.368. The highest BCUT2D eigenvalue weighted by Gasteiger charge is 2.32. The van der Waals surface area contributed by atoms with Gasteiger partial charge in [-0.15, -0.1) is 0 Å². The lowest BCUT2D eigenvalue weighted by molar-refractivity contribution is -0.124. The summed E-state index contributed by atoms with van der Waals surface area (Å²) in [4.78, 5) is 33.7. The summed E-state index contributed by atoms with van der Waals surface area (Å²) in [6.45, 7) is 0.578. The van der Waals surface area contributed by atoms with Crippen molar-refractivity contribution < 1.29 is 14.8 Å². The molecule has 156 valence electrons. The van der Waals surface area contributed by atoms with Crippen molar-refractivity contribution in [3.63, 3.8) is 0 Å². The third kappa shape index (κ3) is 4.99. The molecule has 1 aromatic heterocycles. The molecule has 1 atom stereocenters. The van der Waals surface area contributed by atoms with E-state index < -0.39 is 5.91 Å². The third-order valence-electron chi connectivity index (χ3n) is 4.71. The molecule has 0 saturated heterocycles. The van der Waals surface area contributed by atoms with E-state index in [2.05, 4.69) is 27.4 Å². The van der Waals surface area contributed by atoms with Gasteiger partial charge in [0.05, 0.1) is 16.3 Å². The number of hydroxylamine groups is 1. The van der Waals surface area contributed by atoms with Gasteiger partial charge in [-0.05, 0) is 35.9 Å². The van der Waals surface area contributed by atoms with Gasteiger partial charge in [0.25, 0.3) is 5.91 Å². The van der Waals surface area contributed by atoms with Crippen LogP contribution < -0.4 is 10.8 Å². The number of nitrogens with zero attached hydrogens (tertiary/aromatic N) is 2. The number of thioether (sulfide) groups is 1. The maximum atomic E-state index is 12.9. The molecule has 0 spiro atoms. The van der Waals surface area contributed by atoms with Gasteiger partial charge in [-0.2, -0.15) is 0 Å². The van der Waals surface area contributed by atoms with Gasteiger partial charge in [0.2, 0.25) is 5.78 Å². The van der Waals surface area contributed by atoms with E-state index in [1.54, 1.807) is 36.0 Å². The van der Waals surface area contributed by atoms with Gasteiger partial charge in [-0.3, -0.25) is 19.8 Å². The fourth-order valence-electron chi connectivity index (χ4n) is 3.24. The van der Waals surface area contributed by atoms with Crippen LogP contribution in [-0.2, 0) is 9.59 Å². The van der Waals surface area contributed by atoms with Crippen LogP contribution in [0.3, 0.4) is 0 Å². The molecule has 4 rings (SSSR count). The summed E-state index contributed by atoms with van der Waals surface area (Å²) < 4.78 is 0. The first-order valence-corrected chi connectivity index (χ1v) is 10.6. The SMILES string of the molecule is O=C(C=Cc1cccc(C=CC(=O)C2=NCCC3=C2SC(c2ccccc2)N3)n1)NO. The van der Waals surface area contributed by atoms with Crippen molar-refractivity contribution >= 4 is 41.3 Å². The predicted molar refractivity (Wildman–Crippen MR) is 121 cm³/mol. The third-order valence-corrected chi connectivity index (χ3v) is 6.01. The zero-order valence-electron chi connectivity index (χ0n) is 16.5. The van der Waals surface area contributed by atoms with Crippen LogP contribution in [0.25, 0.3) is 12.2 Å². The number of pyridine rings is 1. The van der Waals surface area contributed by atoms with Crippen LogP contribution in [0.1, 0.15) is 28.7 Å². The second-order valence-corrected chi connectivity index (χ2v) is 7.95. The maximum Gasteiger partial charge on any atom is 0.267 e. The second-order valence-electron chi connectivity index (χ2n) is 6.84. The van der Waals surface area contributed by atoms with Crippen LogP contribution in [0.5, 0.6) is 0 Å². The minimum absolute atomic E-state index is 0.0764. The van der Waals surface area contributed by atoms with E-state index in [1.165, 1.54) is 23.7 Å². The molecule has 0 aliphatic carbocycles. The number of carbonyl (C=O) groups is 2. The lowest BCUT2D eigenvalue weighted by atomic mass is 10.1. The van der Waals surface area contributed by atoms with Crippen molar-refractivity contribution in [2.45, 2.75) is 11.8 Å². The molecule has 7 nitrogen and oxygen atoms in total. The van der Waals surface area contributed by atoms with Crippen LogP contribution in [-0.4, -0.2) is 34.1 Å². The van der Waals surface area contributed by atoms with E-state index in [0.29, 0.717) is 23.6 Å². The van der Waals surface area contributed by atoms with Crippen molar-refractivity contribution in [2.75, 3.05) is 6.54 Å². The summed E-state index contributed by atoms with van der Waals surface area (Å²) in [5.41, 5.74) is 5.33. The molecular formula is C23H20N4O3S. The average molecular weight is 433 g/mol. The van der Waals surface area contributed by atoms with E-state index in [0.717, 1.165) is 22.6 Å². The van der Waals surface area contributed by atoms with Gasteiger partial charge < -0.3 is 5.32 Å². The molecule has 1 amide bonds. The Morgan fingerprint density at radius 3 is 2.55 bits per heavy atom. The highest BCUT2D eigenvalue weighted by molar-refractivity contribution is 8.04. The Morgan fingerprint density at radius 1 is 1.06 bits per heavy atom. The van der Waals surface area contributed by atoms with Gasteiger partial charge in [0.1, 0.15) is 11.1 Å². The molecule has 0 radical (unpaired) electrons. The standard InChI is InChI=1S/C23H20N4O3S/c28-19(11-9-16-7-4-8-17(25-16)10-12-20(29)27-30)21-22-18(13-14-24-21)26-23(31-22)15-5-2-1-3-6-15/h1-12,23,26,30H,13-14H2,(H,27,29). The summed E-state index contributed by atoms with van der Waals surface area (Å²) in [5, 5.41) is 12.1. The summed E-state index contributed by atoms with van der Waals surface area (Å²) >= 11 is 1.62. The minimum Gasteiger partial charge on any atom is -0.372 e. The van der Waals surface area contributed by atoms with Crippen molar-refractivity contribution in [3.05, 3.63) is 88.2 Å². The minimum atomic E-state index is -0.645. The largest absolute Gasteiger partial charge is 0.372 e. The molecule has 3 N–H and O–H groups in total. The van der Waals surface area contributed by atoms with Gasteiger partial charge >= 0.3 is 0 Å². The summed E-state index contributed by atoms with van der Waals surface area (Å²) in [5.74, 6) is -0.814. The van der Waals surface area contributed by atoms with E-state index >= 15 is 0 Å². The Balaban J connectivity index is 1.46. The molecule has 0 bridgehead atoms. The van der Waals surface area contributed by atoms with Crippen LogP contribution in [0.2, 0.25) is 0 Å². The number of nitrogens with one attached hydrogen (secondary N) is 2. The molecule has 31 heavy (non-hydrogen) atoms. The monoisotopic (exact) mass is 432 g/mol. The summed E-state index contributed by atoms with van der Waals surface area (Å²) in [6.07, 6.45) is 6.53. The first kappa shape index (κ1) is 20.8. The molecule has 0 saturated carbocycles. The van der Waals surface area contributed by atoms with Gasteiger partial charge in [-0.25, -0.2) is 10.5 Å². The highest BCUT2D eigenvalue weighted by atomic mass is 32.2. The van der Waals surface area contributed by atoms with Gasteiger partial charge in [-0.1, -0.05) is 48.2 Å². The number of aliphatic imine (C=N–C) groups is 1. The van der Waals surface area contributed by atoms with Gasteiger partial charge in [0.15, 0.2) is 0 Å². The fraction of sp³-hybridized carbons (Fsp3) is 0.130. The maximum absolute atomic E-state index is 12.9. The summed E-state index contributed by atoms with van der Waals surface area (Å²) in [6, 6.07) is 15.4. The van der Waals surface area contributed by atoms with Crippen molar-refractivity contribution in [1.29, 1.82) is 0 Å². The van der Waals surface area contributed by atoms with Crippen LogP contribution in [0.4, 0.5) is 0 Å².